The van der Waals surface area contributed by atoms with Gasteiger partial charge in [0, 0.05) is 6.08 Å². The highest BCUT2D eigenvalue weighted by Gasteiger charge is 2.26. The maximum atomic E-state index is 10.4. The molecule has 6 heteroatoms. The van der Waals surface area contributed by atoms with E-state index >= 15 is 0 Å². The maximum absolute atomic E-state index is 10.4. The minimum Gasteiger partial charge on any atom is -0.444 e. The van der Waals surface area contributed by atoms with Crippen LogP contribution in [0.15, 0.2) is 12.7 Å². The van der Waals surface area contributed by atoms with Gasteiger partial charge in [-0.3, -0.25) is 5.73 Å². The van der Waals surface area contributed by atoms with E-state index in [1.165, 1.54) is 0 Å². The lowest BCUT2D eigenvalue weighted by Crippen LogP contribution is -2.24. The fourth-order valence-electron chi connectivity index (χ4n) is 0.940. The summed E-state index contributed by atoms with van der Waals surface area (Å²) in [5, 5.41) is 0. The average molecular weight is 259 g/mol. The molecule has 6 nitrogen and oxygen atoms in total. The van der Waals surface area contributed by atoms with Crippen molar-refractivity contribution in [2.45, 2.75) is 31.8 Å². The van der Waals surface area contributed by atoms with Gasteiger partial charge in [0.25, 0.3) is 0 Å². The Morgan fingerprint density at radius 2 is 1.94 bits per heavy atom. The number of esters is 1. The van der Waals surface area contributed by atoms with Crippen LogP contribution in [0.1, 0.15) is 13.3 Å². The molecule has 2 N–H and O–H groups in total. The number of nitrogens with two attached hydrogens (primary N) is 1. The lowest BCUT2D eigenvalue weighted by atomic mass is 10.4. The summed E-state index contributed by atoms with van der Waals surface area (Å²) in [5.74, 6) is -0.468. The van der Waals surface area contributed by atoms with E-state index in [1.807, 2.05) is 6.92 Å². The number of carbonyl (C=O) groups excluding carboxylic acids is 1. The molecule has 3 atom stereocenters. The van der Waals surface area contributed by atoms with Crippen molar-refractivity contribution in [3.05, 3.63) is 12.7 Å². The highest BCUT2D eigenvalue weighted by atomic mass is 16.6. The van der Waals surface area contributed by atoms with Gasteiger partial charge in [0.15, 0.2) is 6.23 Å². The van der Waals surface area contributed by atoms with E-state index in [1.54, 1.807) is 0 Å². The van der Waals surface area contributed by atoms with Gasteiger partial charge in [-0.05, 0) is 6.42 Å². The molecule has 0 aromatic heterocycles. The van der Waals surface area contributed by atoms with Crippen molar-refractivity contribution >= 4 is 5.97 Å². The molecule has 2 heterocycles. The van der Waals surface area contributed by atoms with Gasteiger partial charge in [0.1, 0.15) is 12.2 Å². The molecule has 3 unspecified atom stereocenters. The topological polar surface area (TPSA) is 86.6 Å². The third kappa shape index (κ3) is 8.19. The fourth-order valence-corrected chi connectivity index (χ4v) is 0.940. The Bertz CT molecular complexity index is 251. The number of hydrogen-bond donors (Lipinski definition) is 1. The van der Waals surface area contributed by atoms with E-state index in [9.17, 15) is 4.79 Å². The van der Waals surface area contributed by atoms with Gasteiger partial charge in [-0.2, -0.15) is 0 Å². The molecular weight excluding hydrogens is 238 g/mol. The Labute approximate surface area is 107 Å². The summed E-state index contributed by atoms with van der Waals surface area (Å²) in [6, 6.07) is 0. The molecular formula is C12H21NO5. The summed E-state index contributed by atoms with van der Waals surface area (Å²) in [6.45, 7) is 8.31. The Hall–Kier alpha value is -0.950. The van der Waals surface area contributed by atoms with E-state index in [-0.39, 0.29) is 0 Å². The lowest BCUT2D eigenvalue weighted by molar-refractivity contribution is -0.142. The molecule has 2 aliphatic rings. The van der Waals surface area contributed by atoms with Gasteiger partial charge in [-0.25, -0.2) is 4.79 Å². The molecule has 2 aliphatic heterocycles. The van der Waals surface area contributed by atoms with Crippen LogP contribution in [-0.2, 0) is 23.7 Å². The summed E-state index contributed by atoms with van der Waals surface area (Å²) >= 11 is 0. The first-order chi connectivity index (χ1) is 8.65. The Morgan fingerprint density at radius 1 is 1.44 bits per heavy atom. The van der Waals surface area contributed by atoms with Gasteiger partial charge in [0.2, 0.25) is 0 Å². The van der Waals surface area contributed by atoms with E-state index in [0.29, 0.717) is 18.6 Å². The number of carbonyl (C=O) groups is 1. The number of rotatable bonds is 7. The zero-order chi connectivity index (χ0) is 13.4. The van der Waals surface area contributed by atoms with Gasteiger partial charge in [0.05, 0.1) is 26.4 Å². The molecule has 2 rings (SSSR count). The van der Waals surface area contributed by atoms with E-state index in [2.05, 4.69) is 11.3 Å². The largest absolute Gasteiger partial charge is 0.444 e. The van der Waals surface area contributed by atoms with Crippen molar-refractivity contribution in [3.8, 4) is 0 Å². The van der Waals surface area contributed by atoms with Crippen LogP contribution in [-0.4, -0.2) is 50.8 Å². The summed E-state index contributed by atoms with van der Waals surface area (Å²) in [7, 11) is 0. The zero-order valence-electron chi connectivity index (χ0n) is 10.7. The van der Waals surface area contributed by atoms with Gasteiger partial charge >= 0.3 is 5.97 Å². The second kappa shape index (κ2) is 8.20. The van der Waals surface area contributed by atoms with Crippen LogP contribution in [0.5, 0.6) is 0 Å². The Balaban J connectivity index is 0.000000180. The molecule has 0 saturated carbocycles. The predicted octanol–water partition coefficient (Wildman–Crippen LogP) is 0.211. The van der Waals surface area contributed by atoms with Crippen LogP contribution in [0.25, 0.3) is 0 Å². The molecule has 18 heavy (non-hydrogen) atoms. The summed E-state index contributed by atoms with van der Waals surface area (Å²) in [4.78, 5) is 10.4. The standard InChI is InChI=1S/C6H11NO2.C6H10O3/c1-3-5(7)9-6(8)4-2;1(5-3-8-5)7-2-6-4-9-6/h4-5H,2-3,7H2,1H3;5-6H,1-4H2. The second-order valence-corrected chi connectivity index (χ2v) is 4.04. The lowest BCUT2D eigenvalue weighted by Gasteiger charge is -2.07. The molecule has 0 amide bonds. The third-order valence-corrected chi connectivity index (χ3v) is 2.25. The number of hydrogen-bond acceptors (Lipinski definition) is 6. The first kappa shape index (κ1) is 15.1. The van der Waals surface area contributed by atoms with Crippen molar-refractivity contribution in [1.82, 2.24) is 0 Å². The highest BCUT2D eigenvalue weighted by molar-refractivity contribution is 5.81. The first-order valence-electron chi connectivity index (χ1n) is 6.05. The molecule has 0 aromatic rings. The van der Waals surface area contributed by atoms with Crippen LogP contribution < -0.4 is 5.73 Å². The zero-order valence-corrected chi connectivity index (χ0v) is 10.7. The van der Waals surface area contributed by atoms with Crippen molar-refractivity contribution < 1.29 is 23.7 Å². The smallest absolute Gasteiger partial charge is 0.331 e. The SMILES string of the molecule is C(OCC1CO1)C1CO1.C=CC(=O)OC(N)CC. The molecule has 0 radical (unpaired) electrons. The molecule has 2 saturated heterocycles. The third-order valence-electron chi connectivity index (χ3n) is 2.25. The van der Waals surface area contributed by atoms with Gasteiger partial charge in [-0.15, -0.1) is 0 Å². The molecule has 0 aromatic carbocycles. The summed E-state index contributed by atoms with van der Waals surface area (Å²) in [6.07, 6.45) is 2.01. The number of epoxide rings is 2. The van der Waals surface area contributed by atoms with Crippen molar-refractivity contribution in [2.24, 2.45) is 5.73 Å². The predicted molar refractivity (Wildman–Crippen MR) is 64.9 cm³/mol. The van der Waals surface area contributed by atoms with Crippen LogP contribution in [0.3, 0.4) is 0 Å². The van der Waals surface area contributed by atoms with E-state index in [4.69, 9.17) is 19.9 Å². The molecule has 0 aliphatic carbocycles. The molecule has 2 fully saturated rings. The van der Waals surface area contributed by atoms with Crippen LogP contribution in [0, 0.1) is 0 Å². The highest BCUT2D eigenvalue weighted by Crippen LogP contribution is 2.12. The normalized spacial score (nSPS) is 25.4. The second-order valence-electron chi connectivity index (χ2n) is 4.04. The van der Waals surface area contributed by atoms with Gasteiger partial charge < -0.3 is 18.9 Å². The Kier molecular flexibility index (Phi) is 6.89. The Morgan fingerprint density at radius 3 is 2.28 bits per heavy atom. The van der Waals surface area contributed by atoms with Crippen molar-refractivity contribution in [3.63, 3.8) is 0 Å². The van der Waals surface area contributed by atoms with Gasteiger partial charge in [-0.1, -0.05) is 13.5 Å². The maximum Gasteiger partial charge on any atom is 0.331 e. The molecule has 0 bridgehead atoms. The quantitative estimate of drug-likeness (QED) is 0.304. The van der Waals surface area contributed by atoms with Crippen molar-refractivity contribution in [2.75, 3.05) is 26.4 Å². The average Bonchev–Trinajstić information content (AvgIpc) is 3.23. The first-order valence-corrected chi connectivity index (χ1v) is 6.05. The van der Waals surface area contributed by atoms with Crippen LogP contribution in [0.2, 0.25) is 0 Å². The monoisotopic (exact) mass is 259 g/mol. The van der Waals surface area contributed by atoms with E-state index < -0.39 is 12.2 Å². The van der Waals surface area contributed by atoms with E-state index in [0.717, 1.165) is 32.5 Å². The summed E-state index contributed by atoms with van der Waals surface area (Å²) in [5.41, 5.74) is 5.26. The molecule has 104 valence electrons. The van der Waals surface area contributed by atoms with Crippen molar-refractivity contribution in [1.29, 1.82) is 0 Å². The number of ether oxygens (including phenoxy) is 4. The minimum absolute atomic E-state index is 0.392. The van der Waals surface area contributed by atoms with Crippen LogP contribution >= 0.6 is 0 Å². The minimum atomic E-state index is -0.490. The molecule has 0 spiro atoms. The fraction of sp³-hybridized carbons (Fsp3) is 0.750. The van der Waals surface area contributed by atoms with Crippen LogP contribution in [0.4, 0.5) is 0 Å². The summed E-state index contributed by atoms with van der Waals surface area (Å²) < 4.78 is 19.7.